The predicted octanol–water partition coefficient (Wildman–Crippen LogP) is 0.543. The summed E-state index contributed by atoms with van der Waals surface area (Å²) in [6.45, 7) is 3.54. The van der Waals surface area contributed by atoms with Gasteiger partial charge in [0.15, 0.2) is 5.13 Å². The van der Waals surface area contributed by atoms with E-state index in [1.165, 1.54) is 0 Å². The molecule has 0 spiro atoms. The molecule has 1 atom stereocenters. The van der Waals surface area contributed by atoms with Gasteiger partial charge in [-0.25, -0.2) is 4.98 Å². The third-order valence-corrected chi connectivity index (χ3v) is 2.65. The number of nitrogens with one attached hydrogen (secondary N) is 2. The monoisotopic (exact) mass is 199 g/mol. The predicted molar refractivity (Wildman–Crippen MR) is 53.2 cm³/mol. The quantitative estimate of drug-likeness (QED) is 0.746. The second kappa shape index (κ2) is 4.55. The van der Waals surface area contributed by atoms with Gasteiger partial charge >= 0.3 is 0 Å². The fraction of sp³-hybridized carbons (Fsp3) is 0.625. The van der Waals surface area contributed by atoms with Crippen LogP contribution in [0.2, 0.25) is 0 Å². The molecule has 2 heterocycles. The van der Waals surface area contributed by atoms with Crippen molar-refractivity contribution in [3.63, 3.8) is 0 Å². The minimum absolute atomic E-state index is 0.276. The summed E-state index contributed by atoms with van der Waals surface area (Å²) in [5.41, 5.74) is 0. The van der Waals surface area contributed by atoms with Gasteiger partial charge in [0.2, 0.25) is 0 Å². The van der Waals surface area contributed by atoms with Gasteiger partial charge in [-0.1, -0.05) is 0 Å². The van der Waals surface area contributed by atoms with E-state index in [0.717, 1.165) is 31.4 Å². The Hall–Kier alpha value is -0.650. The van der Waals surface area contributed by atoms with Crippen molar-refractivity contribution in [2.45, 2.75) is 6.10 Å². The van der Waals surface area contributed by atoms with Gasteiger partial charge in [-0.05, 0) is 0 Å². The lowest BCUT2D eigenvalue weighted by Gasteiger charge is -2.23. The normalized spacial score (nSPS) is 22.9. The van der Waals surface area contributed by atoms with Crippen LogP contribution in [-0.2, 0) is 4.74 Å². The summed E-state index contributed by atoms with van der Waals surface area (Å²) in [6.07, 6.45) is 2.07. The first-order valence-corrected chi connectivity index (χ1v) is 5.29. The van der Waals surface area contributed by atoms with E-state index < -0.39 is 0 Å². The van der Waals surface area contributed by atoms with E-state index in [-0.39, 0.29) is 6.10 Å². The Labute approximate surface area is 81.3 Å². The van der Waals surface area contributed by atoms with Crippen molar-refractivity contribution in [2.24, 2.45) is 0 Å². The zero-order valence-corrected chi connectivity index (χ0v) is 8.14. The Balaban J connectivity index is 1.72. The zero-order valence-electron chi connectivity index (χ0n) is 7.32. The van der Waals surface area contributed by atoms with Crippen LogP contribution in [0.3, 0.4) is 0 Å². The summed E-state index contributed by atoms with van der Waals surface area (Å²) in [4.78, 5) is 4.13. The molecule has 5 heteroatoms. The van der Waals surface area contributed by atoms with Crippen molar-refractivity contribution in [2.75, 3.05) is 31.6 Å². The topological polar surface area (TPSA) is 46.2 Å². The van der Waals surface area contributed by atoms with Crippen molar-refractivity contribution >= 4 is 16.5 Å². The maximum atomic E-state index is 5.53. The summed E-state index contributed by atoms with van der Waals surface area (Å²) in [7, 11) is 0. The van der Waals surface area contributed by atoms with E-state index in [9.17, 15) is 0 Å². The molecular weight excluding hydrogens is 186 g/mol. The van der Waals surface area contributed by atoms with Crippen LogP contribution in [0.1, 0.15) is 0 Å². The Morgan fingerprint density at radius 2 is 2.77 bits per heavy atom. The maximum Gasteiger partial charge on any atom is 0.182 e. The Kier molecular flexibility index (Phi) is 3.12. The van der Waals surface area contributed by atoms with Gasteiger partial charge in [-0.15, -0.1) is 11.3 Å². The Morgan fingerprint density at radius 1 is 1.77 bits per heavy atom. The van der Waals surface area contributed by atoms with Crippen LogP contribution < -0.4 is 10.6 Å². The van der Waals surface area contributed by atoms with Gasteiger partial charge in [-0.3, -0.25) is 0 Å². The maximum absolute atomic E-state index is 5.53. The molecule has 1 saturated heterocycles. The van der Waals surface area contributed by atoms with Gasteiger partial charge in [0, 0.05) is 31.2 Å². The molecule has 1 unspecified atom stereocenters. The number of hydrogen-bond acceptors (Lipinski definition) is 5. The molecule has 0 aliphatic carbocycles. The van der Waals surface area contributed by atoms with E-state index >= 15 is 0 Å². The van der Waals surface area contributed by atoms with Crippen LogP contribution >= 0.6 is 11.3 Å². The average molecular weight is 199 g/mol. The standard InChI is InChI=1S/C8H13N3OS/c1-3-12-7(5-9-1)6-11-8-10-2-4-13-8/h2,4,7,9H,1,3,5-6H2,(H,10,11). The number of thiazole rings is 1. The molecule has 1 fully saturated rings. The van der Waals surface area contributed by atoms with Crippen LogP contribution in [0.4, 0.5) is 5.13 Å². The van der Waals surface area contributed by atoms with Gasteiger partial charge in [0.1, 0.15) is 0 Å². The van der Waals surface area contributed by atoms with Crippen LogP contribution in [0.25, 0.3) is 0 Å². The number of rotatable bonds is 3. The molecule has 2 rings (SSSR count). The molecule has 72 valence electrons. The first-order chi connectivity index (χ1) is 6.45. The molecule has 0 radical (unpaired) electrons. The molecule has 0 amide bonds. The highest BCUT2D eigenvalue weighted by atomic mass is 32.1. The summed E-state index contributed by atoms with van der Waals surface area (Å²) in [5.74, 6) is 0. The molecule has 0 bridgehead atoms. The molecule has 2 N–H and O–H groups in total. The van der Waals surface area contributed by atoms with Gasteiger partial charge in [-0.2, -0.15) is 0 Å². The van der Waals surface area contributed by atoms with Crippen molar-refractivity contribution in [1.82, 2.24) is 10.3 Å². The molecule has 1 aromatic heterocycles. The number of morpholine rings is 1. The van der Waals surface area contributed by atoms with Crippen molar-refractivity contribution in [3.05, 3.63) is 11.6 Å². The second-order valence-corrected chi connectivity index (χ2v) is 3.81. The first kappa shape index (κ1) is 8.93. The summed E-state index contributed by atoms with van der Waals surface area (Å²) >= 11 is 1.61. The minimum Gasteiger partial charge on any atom is -0.374 e. The van der Waals surface area contributed by atoms with Crippen LogP contribution in [0, 0.1) is 0 Å². The number of hydrogen-bond donors (Lipinski definition) is 2. The highest BCUT2D eigenvalue weighted by molar-refractivity contribution is 7.13. The number of anilines is 1. The van der Waals surface area contributed by atoms with Gasteiger partial charge in [0.05, 0.1) is 12.7 Å². The Bertz CT molecular complexity index is 234. The second-order valence-electron chi connectivity index (χ2n) is 2.92. The lowest BCUT2D eigenvalue weighted by Crippen LogP contribution is -2.42. The number of nitrogens with zero attached hydrogens (tertiary/aromatic N) is 1. The molecule has 1 aromatic rings. The molecule has 1 aliphatic rings. The van der Waals surface area contributed by atoms with Crippen LogP contribution in [-0.4, -0.2) is 37.3 Å². The molecule has 1 aliphatic heterocycles. The fourth-order valence-electron chi connectivity index (χ4n) is 1.26. The van der Waals surface area contributed by atoms with E-state index in [4.69, 9.17) is 4.74 Å². The van der Waals surface area contributed by atoms with Crippen molar-refractivity contribution < 1.29 is 4.74 Å². The van der Waals surface area contributed by atoms with E-state index in [1.54, 1.807) is 17.5 Å². The molecule has 13 heavy (non-hydrogen) atoms. The van der Waals surface area contributed by atoms with Crippen LogP contribution in [0.5, 0.6) is 0 Å². The minimum atomic E-state index is 0.276. The summed E-state index contributed by atoms with van der Waals surface area (Å²) in [5, 5.41) is 9.45. The molecule has 0 aromatic carbocycles. The SMILES string of the molecule is c1csc(NCC2CNCCO2)n1. The van der Waals surface area contributed by atoms with E-state index in [1.807, 2.05) is 5.38 Å². The molecule has 0 saturated carbocycles. The van der Waals surface area contributed by atoms with Crippen molar-refractivity contribution in [3.8, 4) is 0 Å². The fourth-order valence-corrected chi connectivity index (χ4v) is 1.80. The van der Waals surface area contributed by atoms with Gasteiger partial charge in [0.25, 0.3) is 0 Å². The largest absolute Gasteiger partial charge is 0.374 e. The van der Waals surface area contributed by atoms with Crippen LogP contribution in [0.15, 0.2) is 11.6 Å². The first-order valence-electron chi connectivity index (χ1n) is 4.41. The average Bonchev–Trinajstić information content (AvgIpc) is 2.69. The highest BCUT2D eigenvalue weighted by Crippen LogP contribution is 2.10. The third-order valence-electron chi connectivity index (χ3n) is 1.92. The number of ether oxygens (including phenoxy) is 1. The lowest BCUT2D eigenvalue weighted by molar-refractivity contribution is 0.0372. The highest BCUT2D eigenvalue weighted by Gasteiger charge is 2.12. The van der Waals surface area contributed by atoms with E-state index in [0.29, 0.717) is 0 Å². The third kappa shape index (κ3) is 2.65. The van der Waals surface area contributed by atoms with Gasteiger partial charge < -0.3 is 15.4 Å². The Morgan fingerprint density at radius 3 is 3.46 bits per heavy atom. The van der Waals surface area contributed by atoms with Crippen molar-refractivity contribution in [1.29, 1.82) is 0 Å². The lowest BCUT2D eigenvalue weighted by atomic mass is 10.3. The zero-order chi connectivity index (χ0) is 8.93. The molecule has 4 nitrogen and oxygen atoms in total. The molecular formula is C8H13N3OS. The van der Waals surface area contributed by atoms with E-state index in [2.05, 4.69) is 15.6 Å². The summed E-state index contributed by atoms with van der Waals surface area (Å²) < 4.78 is 5.53. The summed E-state index contributed by atoms with van der Waals surface area (Å²) in [6, 6.07) is 0. The smallest absolute Gasteiger partial charge is 0.182 e. The number of aromatic nitrogens is 1.